The highest BCUT2D eigenvalue weighted by Crippen LogP contribution is 2.30. The van der Waals surface area contributed by atoms with Crippen LogP contribution in [-0.2, 0) is 6.18 Å². The summed E-state index contributed by atoms with van der Waals surface area (Å²) in [6.45, 7) is 0. The number of nitrogens with zero attached hydrogens (tertiary/aromatic N) is 4. The summed E-state index contributed by atoms with van der Waals surface area (Å²) < 4.78 is 44.9. The van der Waals surface area contributed by atoms with Gasteiger partial charge in [0.05, 0.1) is 6.26 Å². The highest BCUT2D eigenvalue weighted by Gasteiger charge is 2.34. The molecule has 3 aromatic rings. The molecule has 0 aliphatic rings. The van der Waals surface area contributed by atoms with Gasteiger partial charge in [0.1, 0.15) is 5.69 Å². The van der Waals surface area contributed by atoms with E-state index >= 15 is 0 Å². The smallest absolute Gasteiger partial charge is 0.433 e. The van der Waals surface area contributed by atoms with Gasteiger partial charge in [-0.2, -0.15) is 18.3 Å². The SMILES string of the molecule is O=C(O)c1ccn(-c2nc(-c3ccco3)cc(C(F)(F)F)n2)n1. The normalized spacial score (nSPS) is 11.6. The van der Waals surface area contributed by atoms with Crippen LogP contribution in [0.15, 0.2) is 41.1 Å². The molecule has 0 radical (unpaired) electrons. The Balaban J connectivity index is 2.15. The molecule has 0 aliphatic carbocycles. The number of carboxylic acids is 1. The summed E-state index contributed by atoms with van der Waals surface area (Å²) in [4.78, 5) is 18.1. The second-order valence-corrected chi connectivity index (χ2v) is 4.36. The van der Waals surface area contributed by atoms with Crippen LogP contribution in [-0.4, -0.2) is 30.8 Å². The molecule has 0 amide bonds. The maximum atomic E-state index is 13.0. The molecule has 1 N–H and O–H groups in total. The molecule has 0 fully saturated rings. The minimum Gasteiger partial charge on any atom is -0.476 e. The summed E-state index contributed by atoms with van der Waals surface area (Å²) in [6, 6.07) is 4.81. The van der Waals surface area contributed by atoms with E-state index in [-0.39, 0.29) is 17.1 Å². The largest absolute Gasteiger partial charge is 0.476 e. The fourth-order valence-corrected chi connectivity index (χ4v) is 1.78. The Kier molecular flexibility index (Phi) is 3.36. The maximum absolute atomic E-state index is 13.0. The van der Waals surface area contributed by atoms with Crippen molar-refractivity contribution in [2.24, 2.45) is 0 Å². The van der Waals surface area contributed by atoms with Crippen LogP contribution in [0.4, 0.5) is 13.2 Å². The summed E-state index contributed by atoms with van der Waals surface area (Å²) >= 11 is 0. The van der Waals surface area contributed by atoms with Crippen LogP contribution in [0.3, 0.4) is 0 Å². The number of halogens is 3. The zero-order valence-corrected chi connectivity index (χ0v) is 11.2. The van der Waals surface area contributed by atoms with E-state index in [0.29, 0.717) is 0 Å². The molecule has 3 aromatic heterocycles. The van der Waals surface area contributed by atoms with Crippen molar-refractivity contribution in [3.05, 3.63) is 48.1 Å². The van der Waals surface area contributed by atoms with Crippen molar-refractivity contribution in [3.8, 4) is 17.4 Å². The van der Waals surface area contributed by atoms with Gasteiger partial charge in [0.25, 0.3) is 5.95 Å². The molecule has 0 spiro atoms. The third-order valence-electron chi connectivity index (χ3n) is 2.79. The molecule has 10 heteroatoms. The number of hydrogen-bond acceptors (Lipinski definition) is 5. The molecule has 7 nitrogen and oxygen atoms in total. The van der Waals surface area contributed by atoms with Gasteiger partial charge in [0, 0.05) is 6.20 Å². The number of carbonyl (C=O) groups is 1. The number of furan rings is 1. The highest BCUT2D eigenvalue weighted by molar-refractivity contribution is 5.85. The summed E-state index contributed by atoms with van der Waals surface area (Å²) in [7, 11) is 0. The van der Waals surface area contributed by atoms with Gasteiger partial charge in [-0.05, 0) is 24.3 Å². The lowest BCUT2D eigenvalue weighted by Crippen LogP contribution is -2.13. The van der Waals surface area contributed by atoms with E-state index in [4.69, 9.17) is 9.52 Å². The first-order chi connectivity index (χ1) is 10.8. The van der Waals surface area contributed by atoms with Gasteiger partial charge in [-0.3, -0.25) is 0 Å². The molecule has 3 rings (SSSR count). The Labute approximate surface area is 126 Å². The molecule has 3 heterocycles. The van der Waals surface area contributed by atoms with Crippen molar-refractivity contribution in [2.75, 3.05) is 0 Å². The first kappa shape index (κ1) is 14.8. The predicted octanol–water partition coefficient (Wildman–Crippen LogP) is 2.64. The minimum absolute atomic E-state index is 0.0975. The zero-order chi connectivity index (χ0) is 16.6. The molecule has 118 valence electrons. The van der Waals surface area contributed by atoms with Crippen LogP contribution in [0.1, 0.15) is 16.2 Å². The second kappa shape index (κ2) is 5.23. The van der Waals surface area contributed by atoms with Gasteiger partial charge < -0.3 is 9.52 Å². The molecule has 23 heavy (non-hydrogen) atoms. The Hall–Kier alpha value is -3.17. The van der Waals surface area contributed by atoms with Crippen LogP contribution in [0.25, 0.3) is 17.4 Å². The van der Waals surface area contributed by atoms with Crippen molar-refractivity contribution in [1.29, 1.82) is 0 Å². The number of rotatable bonds is 3. The first-order valence-corrected chi connectivity index (χ1v) is 6.14. The fourth-order valence-electron chi connectivity index (χ4n) is 1.78. The number of carboxylic acid groups (broad SMARTS) is 1. The van der Waals surface area contributed by atoms with Crippen molar-refractivity contribution in [3.63, 3.8) is 0 Å². The Morgan fingerprint density at radius 3 is 2.61 bits per heavy atom. The van der Waals surface area contributed by atoms with Crippen LogP contribution >= 0.6 is 0 Å². The van der Waals surface area contributed by atoms with E-state index in [2.05, 4.69) is 15.1 Å². The van der Waals surface area contributed by atoms with Gasteiger partial charge in [0.15, 0.2) is 17.1 Å². The average Bonchev–Trinajstić information content (AvgIpc) is 3.17. The highest BCUT2D eigenvalue weighted by atomic mass is 19.4. The lowest BCUT2D eigenvalue weighted by atomic mass is 10.2. The van der Waals surface area contributed by atoms with E-state index in [0.717, 1.165) is 23.0 Å². The van der Waals surface area contributed by atoms with Crippen molar-refractivity contribution in [2.45, 2.75) is 6.18 Å². The van der Waals surface area contributed by atoms with Gasteiger partial charge in [-0.1, -0.05) is 0 Å². The Bertz CT molecular complexity index is 856. The molecule has 0 aliphatic heterocycles. The third kappa shape index (κ3) is 2.91. The second-order valence-electron chi connectivity index (χ2n) is 4.36. The van der Waals surface area contributed by atoms with Gasteiger partial charge in [-0.15, -0.1) is 0 Å². The monoisotopic (exact) mass is 324 g/mol. The quantitative estimate of drug-likeness (QED) is 0.796. The third-order valence-corrected chi connectivity index (χ3v) is 2.79. The topological polar surface area (TPSA) is 94.0 Å². The van der Waals surface area contributed by atoms with Crippen LogP contribution in [0.5, 0.6) is 0 Å². The van der Waals surface area contributed by atoms with E-state index < -0.39 is 23.8 Å². The standard InChI is InChI=1S/C13H7F3N4O3/c14-13(15,16)10-6-8(9-2-1-5-23-9)17-12(18-10)20-4-3-7(19-20)11(21)22/h1-6H,(H,21,22). The Morgan fingerprint density at radius 2 is 2.04 bits per heavy atom. The molecule has 0 unspecified atom stereocenters. The molecule has 0 atom stereocenters. The predicted molar refractivity (Wildman–Crippen MR) is 68.8 cm³/mol. The number of alkyl halides is 3. The minimum atomic E-state index is -4.71. The first-order valence-electron chi connectivity index (χ1n) is 6.14. The van der Waals surface area contributed by atoms with Gasteiger partial charge in [0.2, 0.25) is 0 Å². The number of hydrogen-bond donors (Lipinski definition) is 1. The molecular weight excluding hydrogens is 317 g/mol. The summed E-state index contributed by atoms with van der Waals surface area (Å²) in [5.41, 5.74) is -1.63. The zero-order valence-electron chi connectivity index (χ0n) is 11.2. The molecule has 0 aromatic carbocycles. The summed E-state index contributed by atoms with van der Waals surface area (Å²) in [6.07, 6.45) is -2.26. The van der Waals surface area contributed by atoms with Crippen molar-refractivity contribution in [1.82, 2.24) is 19.7 Å². The van der Waals surface area contributed by atoms with Crippen LogP contribution in [0, 0.1) is 0 Å². The number of aromatic carboxylic acids is 1. The van der Waals surface area contributed by atoms with Crippen LogP contribution < -0.4 is 0 Å². The van der Waals surface area contributed by atoms with E-state index in [9.17, 15) is 18.0 Å². The van der Waals surface area contributed by atoms with E-state index in [1.807, 2.05) is 0 Å². The molecule has 0 saturated carbocycles. The summed E-state index contributed by atoms with van der Waals surface area (Å²) in [5.74, 6) is -1.62. The average molecular weight is 324 g/mol. The molecule has 0 bridgehead atoms. The maximum Gasteiger partial charge on any atom is 0.433 e. The van der Waals surface area contributed by atoms with E-state index in [1.165, 1.54) is 18.4 Å². The van der Waals surface area contributed by atoms with Gasteiger partial charge in [-0.25, -0.2) is 19.4 Å². The molecule has 0 saturated heterocycles. The summed E-state index contributed by atoms with van der Waals surface area (Å²) in [5, 5.41) is 12.4. The van der Waals surface area contributed by atoms with Gasteiger partial charge >= 0.3 is 12.1 Å². The van der Waals surface area contributed by atoms with Crippen LogP contribution in [0.2, 0.25) is 0 Å². The number of aromatic nitrogens is 4. The Morgan fingerprint density at radius 1 is 1.26 bits per heavy atom. The molecular formula is C13H7F3N4O3. The van der Waals surface area contributed by atoms with E-state index in [1.54, 1.807) is 0 Å². The lowest BCUT2D eigenvalue weighted by molar-refractivity contribution is -0.141. The fraction of sp³-hybridized carbons (Fsp3) is 0.0769. The van der Waals surface area contributed by atoms with Crippen molar-refractivity contribution < 1.29 is 27.5 Å². The lowest BCUT2D eigenvalue weighted by Gasteiger charge is -2.09. The van der Waals surface area contributed by atoms with Crippen molar-refractivity contribution >= 4 is 5.97 Å².